The summed E-state index contributed by atoms with van der Waals surface area (Å²) in [6.45, 7) is 4.02. The van der Waals surface area contributed by atoms with E-state index in [0.29, 0.717) is 13.0 Å². The molecule has 4 heteroatoms. The van der Waals surface area contributed by atoms with Crippen LogP contribution in [-0.2, 0) is 4.79 Å². The first-order valence-corrected chi connectivity index (χ1v) is 6.03. The van der Waals surface area contributed by atoms with Gasteiger partial charge in [-0.2, -0.15) is 0 Å². The van der Waals surface area contributed by atoms with Crippen LogP contribution in [0.3, 0.4) is 0 Å². The first kappa shape index (κ1) is 14.5. The van der Waals surface area contributed by atoms with Crippen molar-refractivity contribution in [3.8, 4) is 5.75 Å². The zero-order chi connectivity index (χ0) is 13.7. The molecular weight excluding hydrogens is 230 g/mol. The van der Waals surface area contributed by atoms with Gasteiger partial charge in [0.15, 0.2) is 0 Å². The lowest BCUT2D eigenvalue weighted by atomic mass is 10.1. The number of aliphatic hydroxyl groups is 1. The normalized spacial score (nSPS) is 12.1. The van der Waals surface area contributed by atoms with Crippen LogP contribution < -0.4 is 4.74 Å². The molecule has 1 N–H and O–H groups in total. The van der Waals surface area contributed by atoms with Gasteiger partial charge in [0.25, 0.3) is 0 Å². The molecule has 1 atom stereocenters. The van der Waals surface area contributed by atoms with Gasteiger partial charge in [-0.15, -0.1) is 0 Å². The standard InChI is InChI=1S/C14H21NO3/c1-10-9-12(11(2)16)5-6-13(10)18-8-7-14(17)15(3)4/h5-6,9,11,16H,7-8H2,1-4H3. The van der Waals surface area contributed by atoms with E-state index in [4.69, 9.17) is 4.74 Å². The summed E-state index contributed by atoms with van der Waals surface area (Å²) in [6.07, 6.45) is -0.113. The van der Waals surface area contributed by atoms with Crippen LogP contribution >= 0.6 is 0 Å². The molecule has 0 bridgehead atoms. The second kappa shape index (κ2) is 6.40. The molecule has 0 radical (unpaired) electrons. The molecule has 1 aromatic rings. The van der Waals surface area contributed by atoms with Gasteiger partial charge in [0.2, 0.25) is 5.91 Å². The number of nitrogens with zero attached hydrogens (tertiary/aromatic N) is 1. The van der Waals surface area contributed by atoms with Crippen molar-refractivity contribution in [3.05, 3.63) is 29.3 Å². The van der Waals surface area contributed by atoms with Crippen LogP contribution in [-0.4, -0.2) is 36.6 Å². The van der Waals surface area contributed by atoms with Crippen LogP contribution in [0.15, 0.2) is 18.2 Å². The molecule has 0 fully saturated rings. The predicted octanol–water partition coefficient (Wildman–Crippen LogP) is 1.91. The lowest BCUT2D eigenvalue weighted by Crippen LogP contribution is -2.23. The molecular formula is C14H21NO3. The highest BCUT2D eigenvalue weighted by atomic mass is 16.5. The molecule has 1 amide bonds. The van der Waals surface area contributed by atoms with Crippen molar-refractivity contribution in [2.24, 2.45) is 0 Å². The topological polar surface area (TPSA) is 49.8 Å². The van der Waals surface area contributed by atoms with Crippen molar-refractivity contribution in [2.75, 3.05) is 20.7 Å². The van der Waals surface area contributed by atoms with Crippen molar-refractivity contribution >= 4 is 5.91 Å². The highest BCUT2D eigenvalue weighted by Crippen LogP contribution is 2.22. The fourth-order valence-electron chi connectivity index (χ4n) is 1.57. The predicted molar refractivity (Wildman–Crippen MR) is 70.6 cm³/mol. The molecule has 0 heterocycles. The quantitative estimate of drug-likeness (QED) is 0.869. The Labute approximate surface area is 108 Å². The second-order valence-corrected chi connectivity index (χ2v) is 4.59. The summed E-state index contributed by atoms with van der Waals surface area (Å²) in [4.78, 5) is 12.9. The molecule has 1 aromatic carbocycles. The van der Waals surface area contributed by atoms with E-state index >= 15 is 0 Å². The van der Waals surface area contributed by atoms with Crippen molar-refractivity contribution in [1.82, 2.24) is 4.90 Å². The lowest BCUT2D eigenvalue weighted by molar-refractivity contribution is -0.129. The van der Waals surface area contributed by atoms with Gasteiger partial charge in [0.1, 0.15) is 5.75 Å². The number of ether oxygens (including phenoxy) is 1. The number of aryl methyl sites for hydroxylation is 1. The molecule has 1 rings (SSSR count). The van der Waals surface area contributed by atoms with Gasteiger partial charge in [-0.05, 0) is 37.1 Å². The van der Waals surface area contributed by atoms with Gasteiger partial charge in [-0.25, -0.2) is 0 Å². The maximum atomic E-state index is 11.4. The van der Waals surface area contributed by atoms with Crippen molar-refractivity contribution in [2.45, 2.75) is 26.4 Å². The van der Waals surface area contributed by atoms with Crippen molar-refractivity contribution in [3.63, 3.8) is 0 Å². The molecule has 0 aromatic heterocycles. The molecule has 1 unspecified atom stereocenters. The van der Waals surface area contributed by atoms with Gasteiger partial charge in [0, 0.05) is 14.1 Å². The number of benzene rings is 1. The third-order valence-electron chi connectivity index (χ3n) is 2.75. The van der Waals surface area contributed by atoms with Crippen molar-refractivity contribution in [1.29, 1.82) is 0 Å². The van der Waals surface area contributed by atoms with E-state index in [-0.39, 0.29) is 5.91 Å². The smallest absolute Gasteiger partial charge is 0.225 e. The fourth-order valence-corrected chi connectivity index (χ4v) is 1.57. The van der Waals surface area contributed by atoms with E-state index in [2.05, 4.69) is 0 Å². The number of aliphatic hydroxyl groups excluding tert-OH is 1. The van der Waals surface area contributed by atoms with E-state index < -0.39 is 6.10 Å². The fraction of sp³-hybridized carbons (Fsp3) is 0.500. The minimum atomic E-state index is -0.479. The molecule has 0 aliphatic rings. The third kappa shape index (κ3) is 4.04. The number of rotatable bonds is 5. The number of amides is 1. The van der Waals surface area contributed by atoms with Crippen molar-refractivity contribution < 1.29 is 14.6 Å². The molecule has 0 aliphatic carbocycles. The number of carbonyl (C=O) groups is 1. The monoisotopic (exact) mass is 251 g/mol. The van der Waals surface area contributed by atoms with Crippen LogP contribution in [0, 0.1) is 6.92 Å². The van der Waals surface area contributed by atoms with E-state index in [0.717, 1.165) is 16.9 Å². The summed E-state index contributed by atoms with van der Waals surface area (Å²) in [5.41, 5.74) is 1.83. The maximum absolute atomic E-state index is 11.4. The largest absolute Gasteiger partial charge is 0.493 e. The van der Waals surface area contributed by atoms with Gasteiger partial charge in [-0.1, -0.05) is 6.07 Å². The Balaban J connectivity index is 2.56. The van der Waals surface area contributed by atoms with Gasteiger partial charge >= 0.3 is 0 Å². The summed E-state index contributed by atoms with van der Waals surface area (Å²) >= 11 is 0. The van der Waals surface area contributed by atoms with Gasteiger partial charge in [-0.3, -0.25) is 4.79 Å². The Morgan fingerprint density at radius 1 is 1.44 bits per heavy atom. The first-order chi connectivity index (χ1) is 8.41. The maximum Gasteiger partial charge on any atom is 0.225 e. The molecule has 0 saturated heterocycles. The molecule has 0 spiro atoms. The van der Waals surface area contributed by atoms with Crippen LogP contribution in [0.5, 0.6) is 5.75 Å². The lowest BCUT2D eigenvalue weighted by Gasteiger charge is -2.13. The molecule has 0 aliphatic heterocycles. The van der Waals surface area contributed by atoms with Crippen LogP contribution in [0.4, 0.5) is 0 Å². The highest BCUT2D eigenvalue weighted by Gasteiger charge is 2.07. The summed E-state index contributed by atoms with van der Waals surface area (Å²) in [6, 6.07) is 5.56. The van der Waals surface area contributed by atoms with Gasteiger partial charge in [0.05, 0.1) is 19.1 Å². The molecule has 100 valence electrons. The third-order valence-corrected chi connectivity index (χ3v) is 2.75. The molecule has 4 nitrogen and oxygen atoms in total. The van der Waals surface area contributed by atoms with Crippen LogP contribution in [0.25, 0.3) is 0 Å². The summed E-state index contributed by atoms with van der Waals surface area (Å²) < 4.78 is 5.56. The van der Waals surface area contributed by atoms with E-state index in [9.17, 15) is 9.90 Å². The Morgan fingerprint density at radius 3 is 2.61 bits per heavy atom. The number of hydrogen-bond acceptors (Lipinski definition) is 3. The zero-order valence-corrected chi connectivity index (χ0v) is 11.4. The van der Waals surface area contributed by atoms with E-state index in [1.54, 1.807) is 25.9 Å². The highest BCUT2D eigenvalue weighted by molar-refractivity contribution is 5.75. The minimum absolute atomic E-state index is 0.0493. The summed E-state index contributed by atoms with van der Waals surface area (Å²) in [5.74, 6) is 0.805. The molecule has 0 saturated carbocycles. The SMILES string of the molecule is Cc1cc(C(C)O)ccc1OCCC(=O)N(C)C. The van der Waals surface area contributed by atoms with E-state index in [1.807, 2.05) is 25.1 Å². The Bertz CT molecular complexity index is 414. The Hall–Kier alpha value is -1.55. The van der Waals surface area contributed by atoms with Crippen LogP contribution in [0.1, 0.15) is 30.6 Å². The summed E-state index contributed by atoms with van der Waals surface area (Å²) in [7, 11) is 3.45. The zero-order valence-electron chi connectivity index (χ0n) is 11.4. The average Bonchev–Trinajstić information content (AvgIpc) is 2.30. The molecule has 18 heavy (non-hydrogen) atoms. The Morgan fingerprint density at radius 2 is 2.11 bits per heavy atom. The minimum Gasteiger partial charge on any atom is -0.493 e. The Kier molecular flexibility index (Phi) is 5.16. The average molecular weight is 251 g/mol. The number of carbonyl (C=O) groups excluding carboxylic acids is 1. The van der Waals surface area contributed by atoms with Crippen LogP contribution in [0.2, 0.25) is 0 Å². The van der Waals surface area contributed by atoms with E-state index in [1.165, 1.54) is 0 Å². The first-order valence-electron chi connectivity index (χ1n) is 6.03. The number of hydrogen-bond donors (Lipinski definition) is 1. The summed E-state index contributed by atoms with van der Waals surface area (Å²) in [5, 5.41) is 9.46. The van der Waals surface area contributed by atoms with Gasteiger partial charge < -0.3 is 14.7 Å². The second-order valence-electron chi connectivity index (χ2n) is 4.59.